The van der Waals surface area contributed by atoms with Gasteiger partial charge in [0, 0.05) is 44.4 Å². The monoisotopic (exact) mass is 278 g/mol. The average molecular weight is 278 g/mol. The Labute approximate surface area is 118 Å². The second-order valence-electron chi connectivity index (χ2n) is 5.82. The number of rotatable bonds is 3. The molecule has 2 aliphatic rings. The quantitative estimate of drug-likeness (QED) is 0.675. The van der Waals surface area contributed by atoms with Crippen LogP contribution in [-0.4, -0.2) is 46.4 Å². The highest BCUT2D eigenvalue weighted by molar-refractivity contribution is 5.50. The lowest BCUT2D eigenvalue weighted by molar-refractivity contribution is 0.0800. The predicted molar refractivity (Wildman–Crippen MR) is 76.0 cm³/mol. The maximum atomic E-state index is 10.2. The smallest absolute Gasteiger partial charge is 0.127 e. The molecule has 1 saturated carbocycles. The molecule has 0 bridgehead atoms. The highest BCUT2D eigenvalue weighted by Gasteiger charge is 2.36. The van der Waals surface area contributed by atoms with E-state index < -0.39 is 0 Å². The molecule has 0 amide bonds. The van der Waals surface area contributed by atoms with E-state index in [0.717, 1.165) is 39.0 Å². The first-order valence-corrected chi connectivity index (χ1v) is 7.36. The van der Waals surface area contributed by atoms with Crippen molar-refractivity contribution >= 4 is 0 Å². The fourth-order valence-corrected chi connectivity index (χ4v) is 3.34. The van der Waals surface area contributed by atoms with Crippen LogP contribution in [0.1, 0.15) is 30.9 Å². The van der Waals surface area contributed by atoms with Gasteiger partial charge in [0.25, 0.3) is 0 Å². The summed E-state index contributed by atoms with van der Waals surface area (Å²) in [6.07, 6.45) is 3.48. The van der Waals surface area contributed by atoms with Gasteiger partial charge in [-0.15, -0.1) is 0 Å². The van der Waals surface area contributed by atoms with Crippen molar-refractivity contribution in [3.63, 3.8) is 0 Å². The van der Waals surface area contributed by atoms with Crippen molar-refractivity contribution in [2.75, 3.05) is 26.2 Å². The minimum Gasteiger partial charge on any atom is -0.508 e. The van der Waals surface area contributed by atoms with Crippen molar-refractivity contribution in [2.45, 2.75) is 25.3 Å². The van der Waals surface area contributed by atoms with Crippen molar-refractivity contribution in [3.8, 4) is 17.2 Å². The van der Waals surface area contributed by atoms with Crippen LogP contribution in [0.2, 0.25) is 0 Å². The normalized spacial score (nSPS) is 22.4. The van der Waals surface area contributed by atoms with Gasteiger partial charge in [0.2, 0.25) is 0 Å². The van der Waals surface area contributed by atoms with E-state index in [1.54, 1.807) is 0 Å². The summed E-state index contributed by atoms with van der Waals surface area (Å²) >= 11 is 0. The molecule has 20 heavy (non-hydrogen) atoms. The Morgan fingerprint density at radius 3 is 2.15 bits per heavy atom. The Hall–Kier alpha value is -1.46. The number of piperazine rings is 1. The number of nitrogens with one attached hydrogen (secondary N) is 1. The second kappa shape index (κ2) is 5.50. The summed E-state index contributed by atoms with van der Waals surface area (Å²) in [5.41, 5.74) is 0.578. The van der Waals surface area contributed by atoms with Crippen molar-refractivity contribution in [2.24, 2.45) is 5.92 Å². The van der Waals surface area contributed by atoms with E-state index in [4.69, 9.17) is 0 Å². The SMILES string of the molecule is Oc1cc(O)c([C@@H](C2CCC2)N2CCNCC2)c(O)c1. The van der Waals surface area contributed by atoms with Crippen LogP contribution in [0.15, 0.2) is 12.1 Å². The van der Waals surface area contributed by atoms with Gasteiger partial charge in [-0.25, -0.2) is 0 Å². The summed E-state index contributed by atoms with van der Waals surface area (Å²) in [6.45, 7) is 3.70. The topological polar surface area (TPSA) is 76.0 Å². The molecule has 110 valence electrons. The molecule has 5 heteroatoms. The molecule has 0 radical (unpaired) electrons. The van der Waals surface area contributed by atoms with Gasteiger partial charge in [-0.2, -0.15) is 0 Å². The molecule has 0 unspecified atom stereocenters. The van der Waals surface area contributed by atoms with Gasteiger partial charge >= 0.3 is 0 Å². The summed E-state index contributed by atoms with van der Waals surface area (Å²) in [5.74, 6) is 0.377. The minimum atomic E-state index is -0.101. The largest absolute Gasteiger partial charge is 0.508 e. The van der Waals surface area contributed by atoms with Crippen LogP contribution in [-0.2, 0) is 0 Å². The fourth-order valence-electron chi connectivity index (χ4n) is 3.34. The molecule has 1 heterocycles. The number of phenols is 3. The van der Waals surface area contributed by atoms with E-state index in [0.29, 0.717) is 11.5 Å². The lowest BCUT2D eigenvalue weighted by atomic mass is 9.75. The third-order valence-electron chi connectivity index (χ3n) is 4.56. The maximum absolute atomic E-state index is 10.2. The van der Waals surface area contributed by atoms with E-state index in [1.807, 2.05) is 0 Å². The second-order valence-corrected chi connectivity index (χ2v) is 5.82. The standard InChI is InChI=1S/C15H22N2O3/c18-11-8-12(19)14(13(20)9-11)15(10-2-1-3-10)17-6-4-16-5-7-17/h8-10,15-16,18-20H,1-7H2/t15-/m1/s1. The van der Waals surface area contributed by atoms with Crippen LogP contribution in [0.25, 0.3) is 0 Å². The molecule has 1 aromatic carbocycles. The third kappa shape index (κ3) is 2.43. The zero-order chi connectivity index (χ0) is 14.1. The highest BCUT2D eigenvalue weighted by atomic mass is 16.3. The Kier molecular flexibility index (Phi) is 3.72. The summed E-state index contributed by atoms with van der Waals surface area (Å²) in [7, 11) is 0. The predicted octanol–water partition coefficient (Wildman–Crippen LogP) is 1.55. The van der Waals surface area contributed by atoms with E-state index in [9.17, 15) is 15.3 Å². The maximum Gasteiger partial charge on any atom is 0.127 e. The zero-order valence-electron chi connectivity index (χ0n) is 11.5. The molecule has 1 atom stereocenters. The molecule has 4 N–H and O–H groups in total. The molecule has 1 aliphatic heterocycles. The number of hydrogen-bond donors (Lipinski definition) is 4. The van der Waals surface area contributed by atoms with Crippen molar-refractivity contribution in [3.05, 3.63) is 17.7 Å². The van der Waals surface area contributed by atoms with Crippen LogP contribution in [0.4, 0.5) is 0 Å². The summed E-state index contributed by atoms with van der Waals surface area (Å²) in [4.78, 5) is 2.34. The van der Waals surface area contributed by atoms with Gasteiger partial charge < -0.3 is 20.6 Å². The van der Waals surface area contributed by atoms with Crippen molar-refractivity contribution in [1.29, 1.82) is 0 Å². The molecule has 3 rings (SSSR count). The molecular formula is C15H22N2O3. The van der Waals surface area contributed by atoms with Gasteiger partial charge in [-0.05, 0) is 18.8 Å². The first-order chi connectivity index (χ1) is 9.66. The van der Waals surface area contributed by atoms with Gasteiger partial charge in [-0.1, -0.05) is 6.42 Å². The molecule has 1 aromatic rings. The summed E-state index contributed by atoms with van der Waals surface area (Å²) in [6, 6.07) is 2.69. The van der Waals surface area contributed by atoms with Gasteiger partial charge in [0.05, 0.1) is 5.56 Å². The summed E-state index contributed by atoms with van der Waals surface area (Å²) < 4.78 is 0. The molecular weight excluding hydrogens is 256 g/mol. The number of benzene rings is 1. The first kappa shape index (κ1) is 13.5. The minimum absolute atomic E-state index is 0.00191. The Balaban J connectivity index is 1.96. The highest BCUT2D eigenvalue weighted by Crippen LogP contribution is 2.48. The van der Waals surface area contributed by atoms with Crippen molar-refractivity contribution in [1.82, 2.24) is 10.2 Å². The molecule has 5 nitrogen and oxygen atoms in total. The Morgan fingerprint density at radius 1 is 1.05 bits per heavy atom. The van der Waals surface area contributed by atoms with E-state index >= 15 is 0 Å². The number of phenolic OH excluding ortho intramolecular Hbond substituents is 3. The fraction of sp³-hybridized carbons (Fsp3) is 0.600. The Morgan fingerprint density at radius 2 is 1.65 bits per heavy atom. The van der Waals surface area contributed by atoms with Crippen LogP contribution in [0.3, 0.4) is 0 Å². The number of hydrogen-bond acceptors (Lipinski definition) is 5. The number of aromatic hydroxyl groups is 3. The van der Waals surface area contributed by atoms with Crippen LogP contribution < -0.4 is 5.32 Å². The molecule has 2 fully saturated rings. The van der Waals surface area contributed by atoms with E-state index in [1.165, 1.54) is 18.6 Å². The molecule has 1 aliphatic carbocycles. The van der Waals surface area contributed by atoms with Gasteiger partial charge in [-0.3, -0.25) is 4.90 Å². The average Bonchev–Trinajstić information content (AvgIpc) is 2.35. The lowest BCUT2D eigenvalue weighted by Crippen LogP contribution is -2.47. The van der Waals surface area contributed by atoms with Crippen LogP contribution >= 0.6 is 0 Å². The van der Waals surface area contributed by atoms with Crippen LogP contribution in [0, 0.1) is 5.92 Å². The van der Waals surface area contributed by atoms with Crippen molar-refractivity contribution < 1.29 is 15.3 Å². The van der Waals surface area contributed by atoms with Crippen LogP contribution in [0.5, 0.6) is 17.2 Å². The molecule has 0 aromatic heterocycles. The third-order valence-corrected chi connectivity index (χ3v) is 4.56. The number of nitrogens with zero attached hydrogens (tertiary/aromatic N) is 1. The lowest BCUT2D eigenvalue weighted by Gasteiger charge is -2.43. The van der Waals surface area contributed by atoms with E-state index in [2.05, 4.69) is 10.2 Å². The molecule has 1 saturated heterocycles. The van der Waals surface area contributed by atoms with E-state index in [-0.39, 0.29) is 23.3 Å². The Bertz CT molecular complexity index is 459. The van der Waals surface area contributed by atoms with Gasteiger partial charge in [0.1, 0.15) is 17.2 Å². The zero-order valence-corrected chi connectivity index (χ0v) is 11.5. The van der Waals surface area contributed by atoms with Gasteiger partial charge in [0.15, 0.2) is 0 Å². The first-order valence-electron chi connectivity index (χ1n) is 7.36. The molecule has 0 spiro atoms. The summed E-state index contributed by atoms with van der Waals surface area (Å²) in [5, 5.41) is 33.2.